The lowest BCUT2D eigenvalue weighted by Crippen LogP contribution is -2.13. The van der Waals surface area contributed by atoms with E-state index in [2.05, 4.69) is 26.2 Å². The van der Waals surface area contributed by atoms with Gasteiger partial charge in [-0.2, -0.15) is 0 Å². The zero-order chi connectivity index (χ0) is 13.8. The maximum Gasteiger partial charge on any atom is 0.275 e. The van der Waals surface area contributed by atoms with Crippen molar-refractivity contribution in [1.82, 2.24) is 4.98 Å². The predicted molar refractivity (Wildman–Crippen MR) is 78.6 cm³/mol. The third-order valence-corrected chi connectivity index (χ3v) is 3.75. The van der Waals surface area contributed by atoms with Crippen LogP contribution in [0.15, 0.2) is 28.1 Å². The molecular formula is C12H12BrN3O2S. The van der Waals surface area contributed by atoms with Gasteiger partial charge in [0.2, 0.25) is 0 Å². The summed E-state index contributed by atoms with van der Waals surface area (Å²) in [7, 11) is 0. The van der Waals surface area contributed by atoms with Gasteiger partial charge in [0, 0.05) is 16.3 Å². The van der Waals surface area contributed by atoms with E-state index in [0.717, 1.165) is 9.48 Å². The zero-order valence-corrected chi connectivity index (χ0v) is 12.3. The van der Waals surface area contributed by atoms with Crippen molar-refractivity contribution in [2.45, 2.75) is 6.42 Å². The minimum absolute atomic E-state index is 0.00830. The average Bonchev–Trinajstić information content (AvgIpc) is 2.83. The number of hydrogen-bond acceptors (Lipinski definition) is 5. The number of benzene rings is 1. The van der Waals surface area contributed by atoms with Crippen LogP contribution in [-0.4, -0.2) is 22.5 Å². The SMILES string of the molecule is NCCc1nc(C(=O)Nc2cc(Br)ccc2O)cs1. The summed E-state index contributed by atoms with van der Waals surface area (Å²) >= 11 is 4.67. The number of anilines is 1. The number of nitrogens with two attached hydrogens (primary N) is 1. The Morgan fingerprint density at radius 1 is 1.53 bits per heavy atom. The summed E-state index contributed by atoms with van der Waals surface area (Å²) < 4.78 is 0.766. The van der Waals surface area contributed by atoms with E-state index in [1.165, 1.54) is 17.4 Å². The Morgan fingerprint density at radius 2 is 2.32 bits per heavy atom. The van der Waals surface area contributed by atoms with Crippen molar-refractivity contribution < 1.29 is 9.90 Å². The highest BCUT2D eigenvalue weighted by Crippen LogP contribution is 2.27. The first-order valence-corrected chi connectivity index (χ1v) is 7.21. The number of amides is 1. The third-order valence-electron chi connectivity index (χ3n) is 2.35. The number of thiazole rings is 1. The third kappa shape index (κ3) is 3.52. The minimum Gasteiger partial charge on any atom is -0.506 e. The fourth-order valence-electron chi connectivity index (χ4n) is 1.45. The predicted octanol–water partition coefficient (Wildman–Crippen LogP) is 2.36. The highest BCUT2D eigenvalue weighted by molar-refractivity contribution is 9.10. The standard InChI is InChI=1S/C12H12BrN3O2S/c13-7-1-2-10(17)8(5-7)16-12(18)9-6-19-11(15-9)3-4-14/h1-2,5-6,17H,3-4,14H2,(H,16,18). The number of phenols is 1. The molecule has 0 aliphatic heterocycles. The van der Waals surface area contributed by atoms with E-state index in [1.807, 2.05) is 0 Å². The molecule has 0 radical (unpaired) electrons. The molecule has 0 saturated carbocycles. The van der Waals surface area contributed by atoms with Crippen LogP contribution in [0.25, 0.3) is 0 Å². The maximum atomic E-state index is 12.0. The van der Waals surface area contributed by atoms with Gasteiger partial charge in [-0.25, -0.2) is 4.98 Å². The molecule has 0 spiro atoms. The van der Waals surface area contributed by atoms with E-state index in [9.17, 15) is 9.90 Å². The molecule has 1 aromatic heterocycles. The number of aromatic nitrogens is 1. The Labute approximate surface area is 122 Å². The van der Waals surface area contributed by atoms with E-state index in [0.29, 0.717) is 24.3 Å². The summed E-state index contributed by atoms with van der Waals surface area (Å²) in [6.07, 6.45) is 0.653. The molecule has 2 aromatic rings. The fraction of sp³-hybridized carbons (Fsp3) is 0.167. The van der Waals surface area contributed by atoms with E-state index < -0.39 is 0 Å². The number of carbonyl (C=O) groups is 1. The lowest BCUT2D eigenvalue weighted by atomic mass is 10.3. The van der Waals surface area contributed by atoms with Gasteiger partial charge in [0.15, 0.2) is 0 Å². The van der Waals surface area contributed by atoms with Crippen LogP contribution in [-0.2, 0) is 6.42 Å². The molecule has 7 heteroatoms. The van der Waals surface area contributed by atoms with E-state index >= 15 is 0 Å². The first kappa shape index (κ1) is 14.0. The number of carbonyl (C=O) groups excluding carboxylic acids is 1. The lowest BCUT2D eigenvalue weighted by molar-refractivity contribution is 0.102. The first-order valence-electron chi connectivity index (χ1n) is 5.54. The molecule has 2 rings (SSSR count). The second kappa shape index (κ2) is 6.14. The summed E-state index contributed by atoms with van der Waals surface area (Å²) in [6.45, 7) is 0.501. The van der Waals surface area contributed by atoms with Gasteiger partial charge in [-0.05, 0) is 24.7 Å². The Kier molecular flexibility index (Phi) is 4.52. The molecule has 0 aliphatic carbocycles. The van der Waals surface area contributed by atoms with Crippen LogP contribution < -0.4 is 11.1 Å². The Bertz CT molecular complexity index is 600. The molecule has 0 bridgehead atoms. The lowest BCUT2D eigenvalue weighted by Gasteiger charge is -2.06. The molecule has 4 N–H and O–H groups in total. The first-order chi connectivity index (χ1) is 9.10. The number of rotatable bonds is 4. The number of hydrogen-bond donors (Lipinski definition) is 3. The monoisotopic (exact) mass is 341 g/mol. The zero-order valence-electron chi connectivity index (χ0n) is 9.89. The highest BCUT2D eigenvalue weighted by atomic mass is 79.9. The van der Waals surface area contributed by atoms with Crippen LogP contribution in [0.4, 0.5) is 5.69 Å². The molecule has 100 valence electrons. The molecular weight excluding hydrogens is 330 g/mol. The van der Waals surface area contributed by atoms with Crippen LogP contribution in [0.5, 0.6) is 5.75 Å². The summed E-state index contributed by atoms with van der Waals surface area (Å²) in [5, 5.41) is 14.8. The van der Waals surface area contributed by atoms with Crippen molar-refractivity contribution >= 4 is 38.9 Å². The minimum atomic E-state index is -0.354. The topological polar surface area (TPSA) is 88.2 Å². The van der Waals surface area contributed by atoms with E-state index in [-0.39, 0.29) is 11.7 Å². The summed E-state index contributed by atoms with van der Waals surface area (Å²) in [5.74, 6) is -0.345. The second-order valence-corrected chi connectivity index (χ2v) is 5.64. The summed E-state index contributed by atoms with van der Waals surface area (Å²) in [5.41, 5.74) is 6.10. The number of aromatic hydroxyl groups is 1. The normalized spacial score (nSPS) is 10.4. The number of nitrogens with zero attached hydrogens (tertiary/aromatic N) is 1. The molecule has 1 amide bonds. The molecule has 0 fully saturated rings. The van der Waals surface area contributed by atoms with Crippen LogP contribution >= 0.6 is 27.3 Å². The van der Waals surface area contributed by atoms with Crippen molar-refractivity contribution in [2.24, 2.45) is 5.73 Å². The molecule has 0 atom stereocenters. The van der Waals surface area contributed by atoms with Gasteiger partial charge < -0.3 is 16.2 Å². The maximum absolute atomic E-state index is 12.0. The largest absolute Gasteiger partial charge is 0.506 e. The van der Waals surface area contributed by atoms with Crippen LogP contribution in [0.2, 0.25) is 0 Å². The van der Waals surface area contributed by atoms with Crippen molar-refractivity contribution in [3.63, 3.8) is 0 Å². The molecule has 1 aromatic carbocycles. The quantitative estimate of drug-likeness (QED) is 0.745. The molecule has 19 heavy (non-hydrogen) atoms. The summed E-state index contributed by atoms with van der Waals surface area (Å²) in [4.78, 5) is 16.2. The van der Waals surface area contributed by atoms with Gasteiger partial charge >= 0.3 is 0 Å². The highest BCUT2D eigenvalue weighted by Gasteiger charge is 2.12. The van der Waals surface area contributed by atoms with Gasteiger partial charge in [0.05, 0.1) is 10.7 Å². The Hall–Kier alpha value is -1.44. The van der Waals surface area contributed by atoms with E-state index in [1.54, 1.807) is 17.5 Å². The average molecular weight is 342 g/mol. The Morgan fingerprint density at radius 3 is 3.05 bits per heavy atom. The molecule has 0 saturated heterocycles. The molecule has 5 nitrogen and oxygen atoms in total. The van der Waals surface area contributed by atoms with Gasteiger partial charge in [0.25, 0.3) is 5.91 Å². The van der Waals surface area contributed by atoms with E-state index in [4.69, 9.17) is 5.73 Å². The van der Waals surface area contributed by atoms with Gasteiger partial charge in [-0.3, -0.25) is 4.79 Å². The van der Waals surface area contributed by atoms with Gasteiger partial charge in [-0.15, -0.1) is 11.3 Å². The molecule has 1 heterocycles. The smallest absolute Gasteiger partial charge is 0.275 e. The number of phenolic OH excluding ortho intramolecular Hbond substituents is 1. The fourth-order valence-corrected chi connectivity index (χ4v) is 2.60. The van der Waals surface area contributed by atoms with Gasteiger partial charge in [0.1, 0.15) is 11.4 Å². The summed E-state index contributed by atoms with van der Waals surface area (Å²) in [6, 6.07) is 4.81. The molecule has 0 unspecified atom stereocenters. The van der Waals surface area contributed by atoms with Crippen molar-refractivity contribution in [3.05, 3.63) is 38.8 Å². The van der Waals surface area contributed by atoms with Crippen molar-refractivity contribution in [2.75, 3.05) is 11.9 Å². The number of nitrogens with one attached hydrogen (secondary N) is 1. The van der Waals surface area contributed by atoms with Crippen LogP contribution in [0, 0.1) is 0 Å². The van der Waals surface area contributed by atoms with Crippen LogP contribution in [0.1, 0.15) is 15.5 Å². The number of halogens is 1. The second-order valence-electron chi connectivity index (χ2n) is 3.78. The van der Waals surface area contributed by atoms with Crippen molar-refractivity contribution in [3.8, 4) is 5.75 Å². The van der Waals surface area contributed by atoms with Crippen molar-refractivity contribution in [1.29, 1.82) is 0 Å². The Balaban J connectivity index is 2.13. The van der Waals surface area contributed by atoms with Crippen LogP contribution in [0.3, 0.4) is 0 Å². The van der Waals surface area contributed by atoms with Gasteiger partial charge in [-0.1, -0.05) is 15.9 Å². The molecule has 0 aliphatic rings.